The van der Waals surface area contributed by atoms with E-state index in [-0.39, 0.29) is 11.7 Å². The molecular formula is C27H17Cl2NO6. The number of nitrogens with zero attached hydrogens (tertiary/aromatic N) is 1. The lowest BCUT2D eigenvalue weighted by molar-refractivity contribution is 0.0588. The molecule has 2 heterocycles. The lowest BCUT2D eigenvalue weighted by Gasteiger charge is -2.27. The molecule has 7 nitrogen and oxygen atoms in total. The molecule has 0 radical (unpaired) electrons. The van der Waals surface area contributed by atoms with Gasteiger partial charge in [-0.25, -0.2) is 9.36 Å². The van der Waals surface area contributed by atoms with Crippen LogP contribution in [0.15, 0.2) is 92.8 Å². The second-order valence-corrected chi connectivity index (χ2v) is 9.14. The Labute approximate surface area is 214 Å². The van der Waals surface area contributed by atoms with Crippen LogP contribution in [0.5, 0.6) is 11.5 Å². The zero-order chi connectivity index (χ0) is 25.0. The molecule has 0 N–H and O–H groups in total. The fourth-order valence-electron chi connectivity index (χ4n) is 4.61. The molecule has 0 saturated carbocycles. The molecule has 3 aromatic carbocycles. The first-order valence-electron chi connectivity index (χ1n) is 11.0. The minimum atomic E-state index is -0.794. The molecule has 1 aliphatic heterocycles. The maximum atomic E-state index is 13.8. The highest BCUT2D eigenvalue weighted by atomic mass is 35.5. The topological polar surface area (TPSA) is 79.9 Å². The molecule has 0 spiro atoms. The normalized spacial score (nSPS) is 17.4. The SMILES string of the molecule is COc1ccc(Cl)cc1OC1=CC2c3c(oc(=O)n(-c4ccc(Cl)cc4)c3=O)-c3ccccc3C2O1. The largest absolute Gasteiger partial charge is 0.493 e. The first-order valence-corrected chi connectivity index (χ1v) is 11.8. The van der Waals surface area contributed by atoms with Gasteiger partial charge in [0.1, 0.15) is 11.9 Å². The summed E-state index contributed by atoms with van der Waals surface area (Å²) in [6, 6.07) is 18.7. The summed E-state index contributed by atoms with van der Waals surface area (Å²) in [4.78, 5) is 26.8. The summed E-state index contributed by atoms with van der Waals surface area (Å²) in [5, 5.41) is 0.943. The molecule has 0 fully saturated rings. The van der Waals surface area contributed by atoms with Crippen molar-refractivity contribution in [2.45, 2.75) is 12.0 Å². The Morgan fingerprint density at radius 1 is 0.917 bits per heavy atom. The van der Waals surface area contributed by atoms with Gasteiger partial charge in [0, 0.05) is 33.3 Å². The molecule has 36 heavy (non-hydrogen) atoms. The Balaban J connectivity index is 1.52. The highest BCUT2D eigenvalue weighted by Crippen LogP contribution is 2.51. The number of ether oxygens (including phenoxy) is 3. The average molecular weight is 522 g/mol. The van der Waals surface area contributed by atoms with Gasteiger partial charge in [-0.05, 0) is 36.4 Å². The van der Waals surface area contributed by atoms with Crippen LogP contribution in [0.3, 0.4) is 0 Å². The van der Waals surface area contributed by atoms with E-state index in [0.717, 1.165) is 10.1 Å². The first kappa shape index (κ1) is 22.5. The van der Waals surface area contributed by atoms with E-state index in [0.29, 0.717) is 38.4 Å². The van der Waals surface area contributed by atoms with Crippen molar-refractivity contribution in [1.29, 1.82) is 0 Å². The number of hydrogen-bond acceptors (Lipinski definition) is 6. The van der Waals surface area contributed by atoms with Crippen LogP contribution in [0.4, 0.5) is 0 Å². The molecule has 6 rings (SSSR count). The molecule has 4 aromatic rings. The Bertz CT molecular complexity index is 1650. The predicted octanol–water partition coefficient (Wildman–Crippen LogP) is 5.86. The zero-order valence-corrected chi connectivity index (χ0v) is 20.2. The van der Waals surface area contributed by atoms with Crippen LogP contribution >= 0.6 is 23.2 Å². The van der Waals surface area contributed by atoms with Crippen molar-refractivity contribution in [3.8, 4) is 28.5 Å². The Kier molecular flexibility index (Phi) is 5.39. The predicted molar refractivity (Wildman–Crippen MR) is 134 cm³/mol. The zero-order valence-electron chi connectivity index (χ0n) is 18.7. The van der Waals surface area contributed by atoms with Gasteiger partial charge >= 0.3 is 5.76 Å². The van der Waals surface area contributed by atoms with Gasteiger partial charge in [0.2, 0.25) is 0 Å². The minimum Gasteiger partial charge on any atom is -0.493 e. The standard InChI is InChI=1S/C27H17Cl2NO6/c1-33-20-11-8-15(29)12-21(20)34-22-13-19-23-25(18-5-3-2-4-17(18)24(19)35-22)36-27(32)30(26(23)31)16-9-6-14(28)7-10-16/h2-13,19,24H,1H3. The molecule has 9 heteroatoms. The van der Waals surface area contributed by atoms with Gasteiger partial charge in [-0.2, -0.15) is 0 Å². The van der Waals surface area contributed by atoms with E-state index in [4.69, 9.17) is 41.8 Å². The summed E-state index contributed by atoms with van der Waals surface area (Å²) in [7, 11) is 1.52. The van der Waals surface area contributed by atoms with E-state index >= 15 is 0 Å². The van der Waals surface area contributed by atoms with Crippen LogP contribution < -0.4 is 20.8 Å². The van der Waals surface area contributed by atoms with Crippen molar-refractivity contribution in [2.24, 2.45) is 0 Å². The lowest BCUT2D eigenvalue weighted by atomic mass is 9.81. The van der Waals surface area contributed by atoms with Crippen molar-refractivity contribution < 1.29 is 18.6 Å². The second kappa shape index (κ2) is 8.62. The third kappa shape index (κ3) is 3.59. The van der Waals surface area contributed by atoms with E-state index in [9.17, 15) is 9.59 Å². The summed E-state index contributed by atoms with van der Waals surface area (Å²) in [5.74, 6) is -0.134. The third-order valence-electron chi connectivity index (χ3n) is 6.20. The quantitative estimate of drug-likeness (QED) is 0.334. The molecular weight excluding hydrogens is 505 g/mol. The summed E-state index contributed by atoms with van der Waals surface area (Å²) >= 11 is 12.1. The maximum Gasteiger partial charge on any atom is 0.426 e. The van der Waals surface area contributed by atoms with E-state index in [1.807, 2.05) is 18.2 Å². The van der Waals surface area contributed by atoms with Crippen LogP contribution in [0.1, 0.15) is 23.1 Å². The van der Waals surface area contributed by atoms with Gasteiger partial charge in [-0.15, -0.1) is 0 Å². The van der Waals surface area contributed by atoms with Gasteiger partial charge in [0.25, 0.3) is 11.5 Å². The Hall–Kier alpha value is -3.94. The lowest BCUT2D eigenvalue weighted by Crippen LogP contribution is -2.36. The first-order chi connectivity index (χ1) is 17.4. The molecule has 1 aliphatic carbocycles. The fraction of sp³-hybridized carbons (Fsp3) is 0.111. The van der Waals surface area contributed by atoms with Crippen LogP contribution in [-0.2, 0) is 4.74 Å². The van der Waals surface area contributed by atoms with Gasteiger partial charge in [0.15, 0.2) is 11.5 Å². The molecule has 2 unspecified atom stereocenters. The summed E-state index contributed by atoms with van der Waals surface area (Å²) in [6.45, 7) is 0. The molecule has 0 amide bonds. The van der Waals surface area contributed by atoms with E-state index in [1.54, 1.807) is 54.6 Å². The molecule has 2 aliphatic rings. The monoisotopic (exact) mass is 521 g/mol. The number of fused-ring (bicyclic) bond motifs is 6. The van der Waals surface area contributed by atoms with Gasteiger partial charge in [-0.1, -0.05) is 47.5 Å². The van der Waals surface area contributed by atoms with Crippen molar-refractivity contribution in [3.05, 3.63) is 121 Å². The average Bonchev–Trinajstić information content (AvgIpc) is 3.29. The van der Waals surface area contributed by atoms with Crippen molar-refractivity contribution >= 4 is 23.2 Å². The molecule has 0 saturated heterocycles. The molecule has 2 atom stereocenters. The maximum absolute atomic E-state index is 13.8. The van der Waals surface area contributed by atoms with Crippen LogP contribution in [0, 0.1) is 0 Å². The Morgan fingerprint density at radius 3 is 2.44 bits per heavy atom. The number of methoxy groups -OCH3 is 1. The molecule has 180 valence electrons. The second-order valence-electron chi connectivity index (χ2n) is 8.26. The number of hydrogen-bond donors (Lipinski definition) is 0. The minimum absolute atomic E-state index is 0.178. The van der Waals surface area contributed by atoms with Crippen LogP contribution in [0.25, 0.3) is 17.0 Å². The van der Waals surface area contributed by atoms with Crippen molar-refractivity contribution in [2.75, 3.05) is 7.11 Å². The number of benzene rings is 3. The number of rotatable bonds is 4. The van der Waals surface area contributed by atoms with Crippen LogP contribution in [-0.4, -0.2) is 11.7 Å². The van der Waals surface area contributed by atoms with Crippen LogP contribution in [0.2, 0.25) is 10.0 Å². The summed E-state index contributed by atoms with van der Waals surface area (Å²) < 4.78 is 24.3. The smallest absolute Gasteiger partial charge is 0.426 e. The highest BCUT2D eigenvalue weighted by molar-refractivity contribution is 6.31. The molecule has 0 bridgehead atoms. The highest BCUT2D eigenvalue weighted by Gasteiger charge is 2.43. The summed E-state index contributed by atoms with van der Waals surface area (Å²) in [6.07, 6.45) is 1.14. The Morgan fingerprint density at radius 2 is 1.67 bits per heavy atom. The molecule has 1 aromatic heterocycles. The van der Waals surface area contributed by atoms with Gasteiger partial charge in [0.05, 0.1) is 24.3 Å². The number of aromatic nitrogens is 1. The van der Waals surface area contributed by atoms with Gasteiger partial charge in [-0.3, -0.25) is 4.79 Å². The van der Waals surface area contributed by atoms with Crippen molar-refractivity contribution in [1.82, 2.24) is 4.57 Å². The van der Waals surface area contributed by atoms with E-state index < -0.39 is 23.3 Å². The van der Waals surface area contributed by atoms with E-state index in [1.165, 1.54) is 7.11 Å². The van der Waals surface area contributed by atoms with E-state index in [2.05, 4.69) is 0 Å². The number of halogens is 2. The van der Waals surface area contributed by atoms with Gasteiger partial charge < -0.3 is 18.6 Å². The fourth-order valence-corrected chi connectivity index (χ4v) is 4.90. The van der Waals surface area contributed by atoms with Crippen molar-refractivity contribution in [3.63, 3.8) is 0 Å². The summed E-state index contributed by atoms with van der Waals surface area (Å²) in [5.41, 5.74) is 1.52. The third-order valence-corrected chi connectivity index (χ3v) is 6.69.